The second-order valence-corrected chi connectivity index (χ2v) is 7.78. The van der Waals surface area contributed by atoms with Crippen LogP contribution in [-0.4, -0.2) is 42.9 Å². The summed E-state index contributed by atoms with van der Waals surface area (Å²) in [7, 11) is 0. The minimum atomic E-state index is -0.505. The van der Waals surface area contributed by atoms with Gasteiger partial charge < -0.3 is 15.1 Å². The van der Waals surface area contributed by atoms with Gasteiger partial charge in [-0.15, -0.1) is 0 Å². The summed E-state index contributed by atoms with van der Waals surface area (Å²) in [5.74, 6) is -0.968. The van der Waals surface area contributed by atoms with E-state index in [-0.39, 0.29) is 23.3 Å². The van der Waals surface area contributed by atoms with Crippen LogP contribution in [0.1, 0.15) is 36.0 Å². The quantitative estimate of drug-likeness (QED) is 0.854. The number of rotatable bonds is 4. The molecule has 0 aromatic heterocycles. The fourth-order valence-corrected chi connectivity index (χ4v) is 4.12. The third kappa shape index (κ3) is 4.42. The van der Waals surface area contributed by atoms with Crippen molar-refractivity contribution in [1.29, 1.82) is 0 Å². The molecular formula is C23H26FN3O2. The Morgan fingerprint density at radius 1 is 0.897 bits per heavy atom. The van der Waals surface area contributed by atoms with Gasteiger partial charge in [0.1, 0.15) is 5.82 Å². The third-order valence-electron chi connectivity index (χ3n) is 5.86. The number of halogens is 1. The Bertz CT molecular complexity index is 870. The summed E-state index contributed by atoms with van der Waals surface area (Å²) in [6, 6.07) is 14.0. The second-order valence-electron chi connectivity index (χ2n) is 7.78. The van der Waals surface area contributed by atoms with Crippen LogP contribution in [0, 0.1) is 11.7 Å². The molecule has 29 heavy (non-hydrogen) atoms. The fourth-order valence-electron chi connectivity index (χ4n) is 4.12. The van der Waals surface area contributed by atoms with Gasteiger partial charge in [0.25, 0.3) is 5.91 Å². The van der Waals surface area contributed by atoms with Gasteiger partial charge in [0.15, 0.2) is 0 Å². The monoisotopic (exact) mass is 395 g/mol. The molecule has 2 aromatic rings. The van der Waals surface area contributed by atoms with E-state index in [2.05, 4.69) is 22.3 Å². The summed E-state index contributed by atoms with van der Waals surface area (Å²) in [6.45, 7) is 3.10. The Morgan fingerprint density at radius 2 is 1.55 bits per heavy atom. The first-order chi connectivity index (χ1) is 14.1. The van der Waals surface area contributed by atoms with Gasteiger partial charge >= 0.3 is 0 Å². The van der Waals surface area contributed by atoms with Gasteiger partial charge in [0.05, 0.1) is 5.56 Å². The standard InChI is InChI=1S/C23H26FN3O2/c24-21-6-2-1-5-20(21)23(29)27-15-11-17(12-16-27)22(28)25-18-7-9-19(10-8-18)26-13-3-4-14-26/h1-2,5-10,17H,3-4,11-16H2,(H,25,28). The Balaban J connectivity index is 1.30. The lowest BCUT2D eigenvalue weighted by molar-refractivity contribution is -0.121. The average Bonchev–Trinajstić information content (AvgIpc) is 3.29. The number of carbonyl (C=O) groups excluding carboxylic acids is 2. The highest BCUT2D eigenvalue weighted by atomic mass is 19.1. The van der Waals surface area contributed by atoms with Crippen LogP contribution in [-0.2, 0) is 4.79 Å². The zero-order valence-corrected chi connectivity index (χ0v) is 16.4. The molecule has 0 saturated carbocycles. The molecule has 0 aliphatic carbocycles. The van der Waals surface area contributed by atoms with Crippen LogP contribution >= 0.6 is 0 Å². The summed E-state index contributed by atoms with van der Waals surface area (Å²) >= 11 is 0. The zero-order valence-electron chi connectivity index (χ0n) is 16.4. The number of likely N-dealkylation sites (tertiary alicyclic amines) is 1. The predicted octanol–water partition coefficient (Wildman–Crippen LogP) is 3.92. The van der Waals surface area contributed by atoms with Crippen LogP contribution < -0.4 is 10.2 Å². The average molecular weight is 395 g/mol. The molecule has 4 rings (SSSR count). The van der Waals surface area contributed by atoms with Gasteiger partial charge in [-0.25, -0.2) is 4.39 Å². The van der Waals surface area contributed by atoms with E-state index < -0.39 is 5.82 Å². The molecule has 0 atom stereocenters. The van der Waals surface area contributed by atoms with E-state index in [0.29, 0.717) is 25.9 Å². The Kier molecular flexibility index (Phi) is 5.79. The maximum absolute atomic E-state index is 13.9. The molecule has 5 nitrogen and oxygen atoms in total. The van der Waals surface area contributed by atoms with Crippen LogP contribution in [0.15, 0.2) is 48.5 Å². The Labute approximate surface area is 170 Å². The third-order valence-corrected chi connectivity index (χ3v) is 5.86. The van der Waals surface area contributed by atoms with Gasteiger partial charge in [-0.05, 0) is 62.1 Å². The lowest BCUT2D eigenvalue weighted by Crippen LogP contribution is -2.41. The molecule has 2 heterocycles. The highest BCUT2D eigenvalue weighted by molar-refractivity contribution is 5.95. The number of anilines is 2. The normalized spacial score (nSPS) is 17.4. The van der Waals surface area contributed by atoms with Crippen molar-refractivity contribution in [1.82, 2.24) is 4.90 Å². The first-order valence-corrected chi connectivity index (χ1v) is 10.3. The first-order valence-electron chi connectivity index (χ1n) is 10.3. The predicted molar refractivity (Wildman–Crippen MR) is 112 cm³/mol. The van der Waals surface area contributed by atoms with E-state index >= 15 is 0 Å². The summed E-state index contributed by atoms with van der Waals surface area (Å²) in [5.41, 5.74) is 2.08. The molecule has 6 heteroatoms. The number of nitrogens with zero attached hydrogens (tertiary/aromatic N) is 2. The smallest absolute Gasteiger partial charge is 0.256 e. The Morgan fingerprint density at radius 3 is 2.21 bits per heavy atom. The molecule has 0 spiro atoms. The highest BCUT2D eigenvalue weighted by Gasteiger charge is 2.28. The van der Waals surface area contributed by atoms with Crippen LogP contribution in [0.4, 0.5) is 15.8 Å². The summed E-state index contributed by atoms with van der Waals surface area (Å²) in [4.78, 5) is 29.1. The number of nitrogens with one attached hydrogen (secondary N) is 1. The minimum absolute atomic E-state index is 0.0167. The van der Waals surface area contributed by atoms with Crippen molar-refractivity contribution in [2.24, 2.45) is 5.92 Å². The van der Waals surface area contributed by atoms with E-state index in [0.717, 1.165) is 18.8 Å². The second kappa shape index (κ2) is 8.64. The lowest BCUT2D eigenvalue weighted by Gasteiger charge is -2.31. The highest BCUT2D eigenvalue weighted by Crippen LogP contribution is 2.24. The molecule has 0 unspecified atom stereocenters. The fraction of sp³-hybridized carbons (Fsp3) is 0.391. The van der Waals surface area contributed by atoms with Gasteiger partial charge in [-0.2, -0.15) is 0 Å². The SMILES string of the molecule is O=C(Nc1ccc(N2CCCC2)cc1)C1CCN(C(=O)c2ccccc2F)CC1. The maximum atomic E-state index is 13.9. The van der Waals surface area contributed by atoms with E-state index in [1.165, 1.54) is 30.7 Å². The largest absolute Gasteiger partial charge is 0.372 e. The van der Waals surface area contributed by atoms with E-state index in [4.69, 9.17) is 0 Å². The molecule has 2 amide bonds. The summed E-state index contributed by atoms with van der Waals surface area (Å²) in [6.07, 6.45) is 3.63. The summed E-state index contributed by atoms with van der Waals surface area (Å²) in [5, 5.41) is 2.99. The molecule has 2 aliphatic rings. The molecule has 0 radical (unpaired) electrons. The number of amides is 2. The number of hydrogen-bond donors (Lipinski definition) is 1. The zero-order chi connectivity index (χ0) is 20.2. The van der Waals surface area contributed by atoms with Crippen LogP contribution in [0.2, 0.25) is 0 Å². The molecular weight excluding hydrogens is 369 g/mol. The maximum Gasteiger partial charge on any atom is 0.256 e. The molecule has 2 saturated heterocycles. The number of piperidine rings is 1. The van der Waals surface area contributed by atoms with Crippen molar-refractivity contribution < 1.29 is 14.0 Å². The minimum Gasteiger partial charge on any atom is -0.372 e. The van der Waals surface area contributed by atoms with Crippen molar-refractivity contribution in [2.75, 3.05) is 36.4 Å². The molecule has 2 aliphatic heterocycles. The van der Waals surface area contributed by atoms with Crippen molar-refractivity contribution in [3.8, 4) is 0 Å². The number of carbonyl (C=O) groups is 2. The Hall–Kier alpha value is -2.89. The molecule has 2 aromatic carbocycles. The number of hydrogen-bond acceptors (Lipinski definition) is 3. The molecule has 0 bridgehead atoms. The van der Waals surface area contributed by atoms with Gasteiger partial charge in [-0.3, -0.25) is 9.59 Å². The lowest BCUT2D eigenvalue weighted by atomic mass is 9.95. The van der Waals surface area contributed by atoms with Crippen LogP contribution in [0.25, 0.3) is 0 Å². The summed E-state index contributed by atoms with van der Waals surface area (Å²) < 4.78 is 13.9. The van der Waals surface area contributed by atoms with Crippen molar-refractivity contribution in [2.45, 2.75) is 25.7 Å². The van der Waals surface area contributed by atoms with E-state index in [1.807, 2.05) is 12.1 Å². The van der Waals surface area contributed by atoms with Gasteiger partial charge in [0.2, 0.25) is 5.91 Å². The molecule has 152 valence electrons. The van der Waals surface area contributed by atoms with Gasteiger partial charge in [-0.1, -0.05) is 12.1 Å². The topological polar surface area (TPSA) is 52.7 Å². The first kappa shape index (κ1) is 19.4. The van der Waals surface area contributed by atoms with Crippen LogP contribution in [0.5, 0.6) is 0 Å². The van der Waals surface area contributed by atoms with E-state index in [1.54, 1.807) is 17.0 Å². The van der Waals surface area contributed by atoms with Crippen molar-refractivity contribution >= 4 is 23.2 Å². The van der Waals surface area contributed by atoms with Crippen LogP contribution in [0.3, 0.4) is 0 Å². The van der Waals surface area contributed by atoms with Gasteiger partial charge in [0, 0.05) is 43.5 Å². The molecule has 2 fully saturated rings. The van der Waals surface area contributed by atoms with Crippen molar-refractivity contribution in [3.63, 3.8) is 0 Å². The van der Waals surface area contributed by atoms with Crippen molar-refractivity contribution in [3.05, 3.63) is 59.9 Å². The number of benzene rings is 2. The van der Waals surface area contributed by atoms with E-state index in [9.17, 15) is 14.0 Å². The molecule has 1 N–H and O–H groups in total.